The first-order chi connectivity index (χ1) is 11.6. The number of thiophene rings is 1. The highest BCUT2D eigenvalue weighted by Gasteiger charge is 2.40. The second kappa shape index (κ2) is 5.87. The summed E-state index contributed by atoms with van der Waals surface area (Å²) in [5.41, 5.74) is 0.839. The third kappa shape index (κ3) is 2.63. The van der Waals surface area contributed by atoms with Crippen LogP contribution in [0.1, 0.15) is 44.4 Å². The Morgan fingerprint density at radius 1 is 1.12 bits per heavy atom. The zero-order valence-electron chi connectivity index (χ0n) is 12.9. The predicted octanol–water partition coefficient (Wildman–Crippen LogP) is 2.41. The number of nitrogens with zero attached hydrogens (tertiary/aromatic N) is 1. The molecule has 2 aromatic rings. The fourth-order valence-electron chi connectivity index (χ4n) is 3.11. The van der Waals surface area contributed by atoms with E-state index in [2.05, 4.69) is 11.4 Å². The molecule has 122 valence electrons. The van der Waals surface area contributed by atoms with Gasteiger partial charge in [0.05, 0.1) is 11.1 Å². The molecular weight excluding hydrogens is 324 g/mol. The van der Waals surface area contributed by atoms with Gasteiger partial charge in [0, 0.05) is 29.8 Å². The number of hydrogen-bond acceptors (Lipinski definition) is 4. The number of benzene rings is 1. The first-order valence-electron chi connectivity index (χ1n) is 7.93. The Morgan fingerprint density at radius 2 is 1.83 bits per heavy atom. The van der Waals surface area contributed by atoms with Crippen LogP contribution in [0.15, 0.2) is 41.8 Å². The average Bonchev–Trinajstić information content (AvgIpc) is 3.04. The number of imide groups is 1. The third-order valence-corrected chi connectivity index (χ3v) is 5.49. The van der Waals surface area contributed by atoms with E-state index >= 15 is 0 Å². The van der Waals surface area contributed by atoms with Crippen molar-refractivity contribution in [2.24, 2.45) is 0 Å². The topological polar surface area (TPSA) is 66.5 Å². The van der Waals surface area contributed by atoms with Crippen molar-refractivity contribution in [1.29, 1.82) is 0 Å². The summed E-state index contributed by atoms with van der Waals surface area (Å²) in [4.78, 5) is 39.0. The van der Waals surface area contributed by atoms with Crippen LogP contribution in [0, 0.1) is 0 Å². The molecule has 1 aromatic heterocycles. The van der Waals surface area contributed by atoms with Gasteiger partial charge in [-0.1, -0.05) is 18.2 Å². The Bertz CT molecular complexity index is 780. The molecule has 2 atom stereocenters. The van der Waals surface area contributed by atoms with Gasteiger partial charge in [-0.2, -0.15) is 0 Å². The van der Waals surface area contributed by atoms with E-state index in [1.54, 1.807) is 35.6 Å². The summed E-state index contributed by atoms with van der Waals surface area (Å²) < 4.78 is 0. The SMILES string of the molecule is O=C(CCN1C(=O)c2ccccc2C1=O)NC1CC1c1cccs1. The predicted molar refractivity (Wildman–Crippen MR) is 90.0 cm³/mol. The maximum absolute atomic E-state index is 12.2. The fraction of sp³-hybridized carbons (Fsp3) is 0.278. The molecule has 2 aliphatic rings. The summed E-state index contributed by atoms with van der Waals surface area (Å²) in [6.45, 7) is 0.120. The molecule has 1 aliphatic heterocycles. The summed E-state index contributed by atoms with van der Waals surface area (Å²) in [6.07, 6.45) is 1.10. The van der Waals surface area contributed by atoms with Gasteiger partial charge in [0.2, 0.25) is 5.91 Å². The molecule has 3 amide bonds. The van der Waals surface area contributed by atoms with Crippen molar-refractivity contribution >= 4 is 29.1 Å². The number of carbonyl (C=O) groups excluding carboxylic acids is 3. The first-order valence-corrected chi connectivity index (χ1v) is 8.81. The van der Waals surface area contributed by atoms with Crippen LogP contribution in [0.25, 0.3) is 0 Å². The van der Waals surface area contributed by atoms with Gasteiger partial charge in [-0.15, -0.1) is 11.3 Å². The molecule has 0 saturated heterocycles. The summed E-state index contributed by atoms with van der Waals surface area (Å²) in [6, 6.07) is 11.0. The van der Waals surface area contributed by atoms with Crippen molar-refractivity contribution < 1.29 is 14.4 Å². The van der Waals surface area contributed by atoms with Crippen LogP contribution in [0.2, 0.25) is 0 Å². The second-order valence-corrected chi connectivity index (χ2v) is 7.07. The Kier molecular flexibility index (Phi) is 3.69. The Balaban J connectivity index is 1.31. The van der Waals surface area contributed by atoms with Gasteiger partial charge < -0.3 is 5.32 Å². The van der Waals surface area contributed by atoms with Crippen molar-refractivity contribution in [1.82, 2.24) is 10.2 Å². The van der Waals surface area contributed by atoms with E-state index in [0.29, 0.717) is 17.0 Å². The molecule has 2 heterocycles. The van der Waals surface area contributed by atoms with Gasteiger partial charge >= 0.3 is 0 Å². The van der Waals surface area contributed by atoms with E-state index in [4.69, 9.17) is 0 Å². The molecule has 4 rings (SSSR count). The third-order valence-electron chi connectivity index (χ3n) is 4.49. The molecule has 0 spiro atoms. The lowest BCUT2D eigenvalue weighted by Crippen LogP contribution is -2.35. The molecule has 24 heavy (non-hydrogen) atoms. The second-order valence-electron chi connectivity index (χ2n) is 6.09. The normalized spacial score (nSPS) is 21.8. The van der Waals surface area contributed by atoms with Gasteiger partial charge in [0.15, 0.2) is 0 Å². The fourth-order valence-corrected chi connectivity index (χ4v) is 4.01. The molecule has 1 aromatic carbocycles. The van der Waals surface area contributed by atoms with Crippen molar-refractivity contribution in [3.63, 3.8) is 0 Å². The number of amides is 3. The lowest BCUT2D eigenvalue weighted by atomic mass is 10.1. The molecule has 1 aliphatic carbocycles. The largest absolute Gasteiger partial charge is 0.353 e. The highest BCUT2D eigenvalue weighted by molar-refractivity contribution is 7.10. The molecular formula is C18H16N2O3S. The monoisotopic (exact) mass is 340 g/mol. The van der Waals surface area contributed by atoms with Crippen LogP contribution >= 0.6 is 11.3 Å². The van der Waals surface area contributed by atoms with Crippen molar-refractivity contribution in [2.45, 2.75) is 24.8 Å². The molecule has 1 N–H and O–H groups in total. The molecule has 2 unspecified atom stereocenters. The Labute approximate surface area is 143 Å². The van der Waals surface area contributed by atoms with E-state index in [0.717, 1.165) is 11.3 Å². The highest BCUT2D eigenvalue weighted by atomic mass is 32.1. The maximum Gasteiger partial charge on any atom is 0.261 e. The van der Waals surface area contributed by atoms with Crippen molar-refractivity contribution in [3.8, 4) is 0 Å². The zero-order valence-corrected chi connectivity index (χ0v) is 13.7. The number of nitrogens with one attached hydrogen (secondary N) is 1. The van der Waals surface area contributed by atoms with Crippen molar-refractivity contribution in [2.75, 3.05) is 6.54 Å². The lowest BCUT2D eigenvalue weighted by Gasteiger charge is -2.13. The highest BCUT2D eigenvalue weighted by Crippen LogP contribution is 2.42. The molecule has 1 saturated carbocycles. The van der Waals surface area contributed by atoms with E-state index < -0.39 is 0 Å². The van der Waals surface area contributed by atoms with Gasteiger partial charge in [0.25, 0.3) is 11.8 Å². The van der Waals surface area contributed by atoms with E-state index in [-0.39, 0.29) is 36.7 Å². The molecule has 5 nitrogen and oxygen atoms in total. The smallest absolute Gasteiger partial charge is 0.261 e. The van der Waals surface area contributed by atoms with Gasteiger partial charge in [-0.25, -0.2) is 0 Å². The molecule has 1 fully saturated rings. The summed E-state index contributed by atoms with van der Waals surface area (Å²) in [5.74, 6) is -0.332. The first kappa shape index (κ1) is 15.1. The van der Waals surface area contributed by atoms with Gasteiger partial charge in [-0.3, -0.25) is 19.3 Å². The van der Waals surface area contributed by atoms with Gasteiger partial charge in [0.1, 0.15) is 0 Å². The quantitative estimate of drug-likeness (QED) is 0.850. The van der Waals surface area contributed by atoms with Crippen LogP contribution in [0.3, 0.4) is 0 Å². The van der Waals surface area contributed by atoms with Crippen LogP contribution in [-0.2, 0) is 4.79 Å². The van der Waals surface area contributed by atoms with E-state index in [1.165, 1.54) is 4.88 Å². The average molecular weight is 340 g/mol. The standard InChI is InChI=1S/C18H16N2O3S/c21-16(19-14-10-13(14)15-6-3-9-24-15)7-8-20-17(22)11-4-1-2-5-12(11)18(20)23/h1-6,9,13-14H,7-8,10H2,(H,19,21). The van der Waals surface area contributed by atoms with Crippen LogP contribution in [0.5, 0.6) is 0 Å². The van der Waals surface area contributed by atoms with E-state index in [9.17, 15) is 14.4 Å². The summed E-state index contributed by atoms with van der Waals surface area (Å²) >= 11 is 1.70. The zero-order chi connectivity index (χ0) is 16.7. The number of carbonyl (C=O) groups is 3. The Morgan fingerprint density at radius 3 is 2.46 bits per heavy atom. The van der Waals surface area contributed by atoms with Crippen LogP contribution in [0.4, 0.5) is 0 Å². The number of rotatable bonds is 5. The minimum Gasteiger partial charge on any atom is -0.353 e. The lowest BCUT2D eigenvalue weighted by molar-refractivity contribution is -0.121. The van der Waals surface area contributed by atoms with Crippen LogP contribution in [-0.4, -0.2) is 35.2 Å². The van der Waals surface area contributed by atoms with Crippen LogP contribution < -0.4 is 5.32 Å². The van der Waals surface area contributed by atoms with E-state index in [1.807, 2.05) is 11.4 Å². The Hall–Kier alpha value is -2.47. The van der Waals surface area contributed by atoms with Crippen molar-refractivity contribution in [3.05, 3.63) is 57.8 Å². The number of fused-ring (bicyclic) bond motifs is 1. The molecule has 0 radical (unpaired) electrons. The minimum absolute atomic E-state index is 0.115. The summed E-state index contributed by atoms with van der Waals surface area (Å²) in [7, 11) is 0. The molecule has 0 bridgehead atoms. The maximum atomic E-state index is 12.2. The molecule has 6 heteroatoms. The van der Waals surface area contributed by atoms with Gasteiger partial charge in [-0.05, 0) is 30.0 Å². The summed E-state index contributed by atoms with van der Waals surface area (Å²) in [5, 5.41) is 5.02. The number of hydrogen-bond donors (Lipinski definition) is 1. The minimum atomic E-state index is -0.314.